The highest BCUT2D eigenvalue weighted by Gasteiger charge is 2.51. The van der Waals surface area contributed by atoms with E-state index >= 15 is 0 Å². The summed E-state index contributed by atoms with van der Waals surface area (Å²) in [6, 6.07) is 5.38. The Labute approximate surface area is 178 Å². The van der Waals surface area contributed by atoms with Gasteiger partial charge in [-0.1, -0.05) is 26.8 Å². The molecule has 0 radical (unpaired) electrons. The highest BCUT2D eigenvalue weighted by Crippen LogP contribution is 2.55. The van der Waals surface area contributed by atoms with E-state index in [4.69, 9.17) is 0 Å². The lowest BCUT2D eigenvalue weighted by atomic mass is 9.72. The lowest BCUT2D eigenvalue weighted by Crippen LogP contribution is -2.32. The highest BCUT2D eigenvalue weighted by molar-refractivity contribution is 5.84. The molecule has 8 heteroatoms. The number of hydrogen-bond acceptors (Lipinski definition) is 5. The van der Waals surface area contributed by atoms with Crippen molar-refractivity contribution in [2.75, 3.05) is 0 Å². The van der Waals surface area contributed by atoms with Crippen LogP contribution in [-0.4, -0.2) is 31.2 Å². The summed E-state index contributed by atoms with van der Waals surface area (Å²) in [6.07, 6.45) is 2.74. The molecule has 1 N–H and O–H groups in total. The summed E-state index contributed by atoms with van der Waals surface area (Å²) in [7, 11) is 0. The molecule has 1 aliphatic rings. The van der Waals surface area contributed by atoms with E-state index in [0.29, 0.717) is 11.4 Å². The lowest BCUT2D eigenvalue weighted by Gasteiger charge is -2.32. The minimum Gasteiger partial charge on any atom is -0.476 e. The van der Waals surface area contributed by atoms with Crippen molar-refractivity contribution >= 4 is 5.97 Å². The first-order chi connectivity index (χ1) is 14.7. The number of aromatic carboxylic acids is 1. The van der Waals surface area contributed by atoms with Crippen molar-refractivity contribution in [3.8, 4) is 11.3 Å². The van der Waals surface area contributed by atoms with E-state index < -0.39 is 23.0 Å². The Bertz CT molecular complexity index is 1160. The van der Waals surface area contributed by atoms with E-state index in [1.165, 1.54) is 24.4 Å². The van der Waals surface area contributed by atoms with Crippen LogP contribution in [0.5, 0.6) is 0 Å². The van der Waals surface area contributed by atoms with E-state index in [0.717, 1.165) is 5.56 Å². The maximum atomic E-state index is 14.4. The van der Waals surface area contributed by atoms with Gasteiger partial charge in [-0.25, -0.2) is 18.6 Å². The van der Waals surface area contributed by atoms with Gasteiger partial charge in [-0.15, -0.1) is 5.10 Å². The van der Waals surface area contributed by atoms with Crippen molar-refractivity contribution in [1.82, 2.24) is 20.2 Å². The molecule has 0 bridgehead atoms. The van der Waals surface area contributed by atoms with E-state index in [9.17, 15) is 18.7 Å². The minimum atomic E-state index is -1.17. The van der Waals surface area contributed by atoms with Crippen LogP contribution in [-0.2, 0) is 5.41 Å². The van der Waals surface area contributed by atoms with Gasteiger partial charge in [-0.3, -0.25) is 4.98 Å². The smallest absolute Gasteiger partial charge is 0.356 e. The first-order valence-corrected chi connectivity index (χ1v) is 10.0. The van der Waals surface area contributed by atoms with Gasteiger partial charge in [0.05, 0.1) is 34.3 Å². The van der Waals surface area contributed by atoms with Gasteiger partial charge in [0, 0.05) is 6.20 Å². The van der Waals surface area contributed by atoms with Gasteiger partial charge in [-0.05, 0) is 48.4 Å². The molecule has 1 unspecified atom stereocenters. The van der Waals surface area contributed by atoms with Gasteiger partial charge in [0.2, 0.25) is 0 Å². The third kappa shape index (κ3) is 3.17. The molecule has 2 aromatic heterocycles. The Morgan fingerprint density at radius 3 is 2.45 bits per heavy atom. The Morgan fingerprint density at radius 1 is 1.16 bits per heavy atom. The second-order valence-electron chi connectivity index (χ2n) is 8.49. The van der Waals surface area contributed by atoms with Crippen LogP contribution in [0.3, 0.4) is 0 Å². The molecule has 31 heavy (non-hydrogen) atoms. The zero-order valence-corrected chi connectivity index (χ0v) is 17.6. The molecule has 2 heterocycles. The number of aromatic nitrogens is 4. The van der Waals surface area contributed by atoms with Crippen molar-refractivity contribution in [1.29, 1.82) is 0 Å². The monoisotopic (exact) mass is 424 g/mol. The Hall–Kier alpha value is -3.29. The molecule has 0 saturated carbocycles. The molecule has 0 spiro atoms. The molecule has 160 valence electrons. The van der Waals surface area contributed by atoms with E-state index in [2.05, 4.69) is 34.0 Å². The molecule has 0 amide bonds. The van der Waals surface area contributed by atoms with Crippen LogP contribution >= 0.6 is 0 Å². The summed E-state index contributed by atoms with van der Waals surface area (Å²) in [5, 5.41) is 17.9. The fourth-order valence-corrected chi connectivity index (χ4v) is 4.78. The quantitative estimate of drug-likeness (QED) is 0.658. The van der Waals surface area contributed by atoms with Crippen LogP contribution in [0.15, 0.2) is 36.7 Å². The second kappa shape index (κ2) is 7.44. The molecule has 1 aromatic carbocycles. The van der Waals surface area contributed by atoms with Crippen LogP contribution in [0.4, 0.5) is 8.78 Å². The largest absolute Gasteiger partial charge is 0.476 e. The summed E-state index contributed by atoms with van der Waals surface area (Å²) < 4.78 is 28.8. The SMILES string of the molecule is CC(C)[C@@H]1c2cc(-c3c(F)cccc3F)nnc2[C@](C)(c2cncc(C(=O)O)n2)C1C. The molecule has 0 saturated heterocycles. The fraction of sp³-hybridized carbons (Fsp3) is 0.348. The zero-order valence-electron chi connectivity index (χ0n) is 17.6. The van der Waals surface area contributed by atoms with Crippen LogP contribution in [0.1, 0.15) is 61.1 Å². The summed E-state index contributed by atoms with van der Waals surface area (Å²) >= 11 is 0. The normalized spacial score (nSPS) is 22.5. The molecule has 3 aromatic rings. The number of rotatable bonds is 4. The highest BCUT2D eigenvalue weighted by atomic mass is 19.1. The number of fused-ring (bicyclic) bond motifs is 1. The van der Waals surface area contributed by atoms with Crippen molar-refractivity contribution in [3.05, 3.63) is 70.9 Å². The first kappa shape index (κ1) is 21.0. The van der Waals surface area contributed by atoms with Crippen LogP contribution in [0, 0.1) is 23.5 Å². The summed E-state index contributed by atoms with van der Waals surface area (Å²) in [4.78, 5) is 19.8. The van der Waals surface area contributed by atoms with Crippen molar-refractivity contribution in [3.63, 3.8) is 0 Å². The van der Waals surface area contributed by atoms with Crippen LogP contribution in [0.2, 0.25) is 0 Å². The number of nitrogens with zero attached hydrogens (tertiary/aromatic N) is 4. The molecule has 3 atom stereocenters. The number of hydrogen-bond donors (Lipinski definition) is 1. The van der Waals surface area contributed by atoms with Crippen molar-refractivity contribution < 1.29 is 18.7 Å². The Morgan fingerprint density at radius 2 is 1.84 bits per heavy atom. The summed E-state index contributed by atoms with van der Waals surface area (Å²) in [6.45, 7) is 8.12. The predicted molar refractivity (Wildman–Crippen MR) is 110 cm³/mol. The molecule has 0 aliphatic heterocycles. The molecular formula is C23H22F2N4O2. The molecule has 4 rings (SSSR count). The zero-order chi connectivity index (χ0) is 22.5. The van der Waals surface area contributed by atoms with Gasteiger partial charge >= 0.3 is 5.97 Å². The lowest BCUT2D eigenvalue weighted by molar-refractivity contribution is 0.0689. The fourth-order valence-electron chi connectivity index (χ4n) is 4.78. The van der Waals surface area contributed by atoms with Gasteiger partial charge in [0.25, 0.3) is 0 Å². The van der Waals surface area contributed by atoms with Crippen molar-refractivity contribution in [2.24, 2.45) is 11.8 Å². The van der Waals surface area contributed by atoms with E-state index in [-0.39, 0.29) is 34.7 Å². The topological polar surface area (TPSA) is 88.9 Å². The van der Waals surface area contributed by atoms with Gasteiger partial charge in [-0.2, -0.15) is 5.10 Å². The first-order valence-electron chi connectivity index (χ1n) is 10.0. The average molecular weight is 424 g/mol. The van der Waals surface area contributed by atoms with Crippen LogP contribution in [0.25, 0.3) is 11.3 Å². The molecule has 0 fully saturated rings. The number of benzene rings is 1. The molecule has 6 nitrogen and oxygen atoms in total. The Kier molecular flexibility index (Phi) is 5.03. The second-order valence-corrected chi connectivity index (χ2v) is 8.49. The average Bonchev–Trinajstić information content (AvgIpc) is 2.95. The maximum Gasteiger partial charge on any atom is 0.356 e. The van der Waals surface area contributed by atoms with E-state index in [1.54, 1.807) is 12.3 Å². The Balaban J connectivity index is 1.94. The van der Waals surface area contributed by atoms with Gasteiger partial charge in [0.1, 0.15) is 11.6 Å². The molecule has 1 aliphatic carbocycles. The summed E-state index contributed by atoms with van der Waals surface area (Å²) in [5.41, 5.74) is 0.927. The molecular weight excluding hydrogens is 402 g/mol. The minimum absolute atomic E-state index is 0.000584. The standard InChI is InChI=1S/C23H22F2N4O2/c1-11(2)19-12(3)23(4,18-10-26-9-17(27-18)22(30)31)21-13(19)8-16(28-29-21)20-14(24)6-5-7-15(20)25/h5-12,19H,1-4H3,(H,30,31)/t12?,19-,23-/m0/s1. The number of carboxylic acid groups (broad SMARTS) is 1. The van der Waals surface area contributed by atoms with E-state index in [1.807, 2.05) is 13.8 Å². The summed E-state index contributed by atoms with van der Waals surface area (Å²) in [5.74, 6) is -2.42. The van der Waals surface area contributed by atoms with Crippen LogP contribution < -0.4 is 0 Å². The third-order valence-corrected chi connectivity index (χ3v) is 6.45. The number of halogens is 2. The maximum absolute atomic E-state index is 14.4. The third-order valence-electron chi connectivity index (χ3n) is 6.45. The van der Waals surface area contributed by atoms with Gasteiger partial charge < -0.3 is 5.11 Å². The number of carboxylic acids is 1. The number of carbonyl (C=O) groups is 1. The van der Waals surface area contributed by atoms with Gasteiger partial charge in [0.15, 0.2) is 5.69 Å². The van der Waals surface area contributed by atoms with Crippen molar-refractivity contribution in [2.45, 2.75) is 39.0 Å². The predicted octanol–water partition coefficient (Wildman–Crippen LogP) is 4.61.